The third-order valence-corrected chi connectivity index (χ3v) is 3.36. The lowest BCUT2D eigenvalue weighted by Crippen LogP contribution is -2.12. The number of amides is 1. The van der Waals surface area contributed by atoms with Gasteiger partial charge in [0.1, 0.15) is 5.82 Å². The maximum Gasteiger partial charge on any atom is 0.256 e. The molecule has 0 spiro atoms. The van der Waals surface area contributed by atoms with Crippen LogP contribution in [-0.2, 0) is 0 Å². The van der Waals surface area contributed by atoms with Gasteiger partial charge in [-0.05, 0) is 36.4 Å². The summed E-state index contributed by atoms with van der Waals surface area (Å²) in [7, 11) is 0. The average Bonchev–Trinajstić information content (AvgIpc) is 2.64. The Labute approximate surface area is 141 Å². The number of hydrogen-bond donors (Lipinski definition) is 2. The molecule has 1 aromatic heterocycles. The number of aromatic nitrogens is 1. The molecular weight excluding hydrogens is 331 g/mol. The lowest BCUT2D eigenvalue weighted by molar-refractivity contribution is 0.102. The van der Waals surface area contributed by atoms with Crippen LogP contribution in [0.5, 0.6) is 0 Å². The first kappa shape index (κ1) is 16.5. The molecule has 0 saturated heterocycles. The smallest absolute Gasteiger partial charge is 0.256 e. The lowest BCUT2D eigenvalue weighted by Gasteiger charge is -2.09. The Bertz CT molecular complexity index is 899. The van der Waals surface area contributed by atoms with E-state index in [9.17, 15) is 18.0 Å². The van der Waals surface area contributed by atoms with Crippen LogP contribution >= 0.6 is 0 Å². The van der Waals surface area contributed by atoms with Crippen LogP contribution in [0.25, 0.3) is 0 Å². The Hall–Kier alpha value is -3.35. The molecule has 0 aliphatic carbocycles. The molecule has 0 radical (unpaired) electrons. The van der Waals surface area contributed by atoms with Crippen LogP contribution in [0.2, 0.25) is 0 Å². The first-order valence-electron chi connectivity index (χ1n) is 7.27. The number of hydrogen-bond acceptors (Lipinski definition) is 3. The molecular formula is C18H12F3N3O. The number of carbonyl (C=O) groups excluding carboxylic acids is 1. The summed E-state index contributed by atoms with van der Waals surface area (Å²) in [5.41, 5.74) is 0.611. The summed E-state index contributed by atoms with van der Waals surface area (Å²) in [6.07, 6.45) is 1.33. The van der Waals surface area contributed by atoms with Gasteiger partial charge in [-0.15, -0.1) is 0 Å². The summed E-state index contributed by atoms with van der Waals surface area (Å²) in [6, 6.07) is 13.5. The van der Waals surface area contributed by atoms with Crippen LogP contribution in [-0.4, -0.2) is 10.9 Å². The minimum absolute atomic E-state index is 0.221. The Balaban J connectivity index is 1.71. The number of benzene rings is 2. The summed E-state index contributed by atoms with van der Waals surface area (Å²) in [4.78, 5) is 16.0. The molecule has 25 heavy (non-hydrogen) atoms. The van der Waals surface area contributed by atoms with Crippen LogP contribution in [0.1, 0.15) is 10.4 Å². The zero-order chi connectivity index (χ0) is 17.8. The average molecular weight is 343 g/mol. The lowest BCUT2D eigenvalue weighted by atomic mass is 10.2. The summed E-state index contributed by atoms with van der Waals surface area (Å²) >= 11 is 0. The van der Waals surface area contributed by atoms with E-state index in [1.165, 1.54) is 18.3 Å². The minimum atomic E-state index is -1.55. The number of anilines is 3. The Morgan fingerprint density at radius 3 is 2.32 bits per heavy atom. The van der Waals surface area contributed by atoms with Crippen LogP contribution in [0.15, 0.2) is 60.8 Å². The van der Waals surface area contributed by atoms with Crippen molar-refractivity contribution in [1.29, 1.82) is 0 Å². The van der Waals surface area contributed by atoms with Gasteiger partial charge in [0.2, 0.25) is 0 Å². The van der Waals surface area contributed by atoms with Gasteiger partial charge in [0, 0.05) is 5.56 Å². The van der Waals surface area contributed by atoms with Crippen LogP contribution in [0.3, 0.4) is 0 Å². The molecule has 2 aromatic carbocycles. The van der Waals surface area contributed by atoms with Gasteiger partial charge < -0.3 is 10.6 Å². The molecule has 1 amide bonds. The molecule has 0 saturated carbocycles. The molecule has 0 bridgehead atoms. The third kappa shape index (κ3) is 3.77. The first-order chi connectivity index (χ1) is 12.0. The zero-order valence-corrected chi connectivity index (χ0v) is 12.8. The monoisotopic (exact) mass is 343 g/mol. The maximum absolute atomic E-state index is 13.6. The molecule has 0 aliphatic rings. The van der Waals surface area contributed by atoms with Gasteiger partial charge in [0.15, 0.2) is 17.5 Å². The molecule has 126 valence electrons. The zero-order valence-electron chi connectivity index (χ0n) is 12.8. The molecule has 0 atom stereocenters. The summed E-state index contributed by atoms with van der Waals surface area (Å²) < 4.78 is 39.8. The molecule has 0 unspecified atom stereocenters. The van der Waals surface area contributed by atoms with Crippen molar-refractivity contribution in [2.24, 2.45) is 0 Å². The fourth-order valence-corrected chi connectivity index (χ4v) is 2.10. The highest BCUT2D eigenvalue weighted by Gasteiger charge is 2.13. The van der Waals surface area contributed by atoms with Crippen molar-refractivity contribution in [3.05, 3.63) is 83.8 Å². The van der Waals surface area contributed by atoms with E-state index in [0.717, 1.165) is 12.1 Å². The fourth-order valence-electron chi connectivity index (χ4n) is 2.10. The van der Waals surface area contributed by atoms with Crippen molar-refractivity contribution >= 4 is 23.1 Å². The normalized spacial score (nSPS) is 10.4. The van der Waals surface area contributed by atoms with Gasteiger partial charge in [-0.25, -0.2) is 18.2 Å². The molecule has 1 heterocycles. The standard InChI is InChI=1S/C18H12F3N3O/c19-13-7-8-14(17(21)16(13)20)23-12-6-9-15(22-10-12)24-18(25)11-4-2-1-3-5-11/h1-10,23H,(H,22,24,25). The minimum Gasteiger partial charge on any atom is -0.352 e. The largest absolute Gasteiger partial charge is 0.352 e. The van der Waals surface area contributed by atoms with E-state index in [0.29, 0.717) is 17.1 Å². The van der Waals surface area contributed by atoms with E-state index in [1.807, 2.05) is 0 Å². The van der Waals surface area contributed by atoms with Crippen LogP contribution in [0.4, 0.5) is 30.4 Å². The number of carbonyl (C=O) groups is 1. The predicted octanol–water partition coefficient (Wildman–Crippen LogP) is 4.49. The Morgan fingerprint density at radius 2 is 1.64 bits per heavy atom. The molecule has 3 aromatic rings. The highest BCUT2D eigenvalue weighted by molar-refractivity contribution is 6.03. The highest BCUT2D eigenvalue weighted by atomic mass is 19.2. The molecule has 2 N–H and O–H groups in total. The van der Waals surface area contributed by atoms with E-state index in [-0.39, 0.29) is 11.6 Å². The molecule has 7 heteroatoms. The molecule has 0 aliphatic heterocycles. The van der Waals surface area contributed by atoms with Crippen molar-refractivity contribution in [3.63, 3.8) is 0 Å². The Morgan fingerprint density at radius 1 is 0.880 bits per heavy atom. The first-order valence-corrected chi connectivity index (χ1v) is 7.27. The molecule has 3 rings (SSSR count). The summed E-state index contributed by atoms with van der Waals surface area (Å²) in [5.74, 6) is -4.16. The van der Waals surface area contributed by atoms with Gasteiger partial charge in [0.25, 0.3) is 5.91 Å². The SMILES string of the molecule is O=C(Nc1ccc(Nc2ccc(F)c(F)c2F)cn1)c1ccccc1. The Kier molecular flexibility index (Phi) is 4.65. The highest BCUT2D eigenvalue weighted by Crippen LogP contribution is 2.23. The van der Waals surface area contributed by atoms with E-state index >= 15 is 0 Å². The second-order valence-corrected chi connectivity index (χ2v) is 5.10. The van der Waals surface area contributed by atoms with Gasteiger partial charge in [0.05, 0.1) is 17.6 Å². The van der Waals surface area contributed by atoms with Gasteiger partial charge in [-0.1, -0.05) is 18.2 Å². The van der Waals surface area contributed by atoms with Crippen molar-refractivity contribution < 1.29 is 18.0 Å². The van der Waals surface area contributed by atoms with E-state index in [2.05, 4.69) is 15.6 Å². The van der Waals surface area contributed by atoms with Crippen molar-refractivity contribution in [1.82, 2.24) is 4.98 Å². The fraction of sp³-hybridized carbons (Fsp3) is 0. The second-order valence-electron chi connectivity index (χ2n) is 5.10. The van der Waals surface area contributed by atoms with E-state index < -0.39 is 17.5 Å². The van der Waals surface area contributed by atoms with Crippen molar-refractivity contribution in [2.75, 3.05) is 10.6 Å². The number of pyridine rings is 1. The van der Waals surface area contributed by atoms with Crippen molar-refractivity contribution in [3.8, 4) is 0 Å². The van der Waals surface area contributed by atoms with E-state index in [1.54, 1.807) is 30.3 Å². The van der Waals surface area contributed by atoms with Gasteiger partial charge in [-0.3, -0.25) is 4.79 Å². The maximum atomic E-state index is 13.6. The van der Waals surface area contributed by atoms with Gasteiger partial charge in [-0.2, -0.15) is 0 Å². The number of rotatable bonds is 4. The van der Waals surface area contributed by atoms with E-state index in [4.69, 9.17) is 0 Å². The second kappa shape index (κ2) is 7.04. The van der Waals surface area contributed by atoms with Gasteiger partial charge >= 0.3 is 0 Å². The topological polar surface area (TPSA) is 54.0 Å². The van der Waals surface area contributed by atoms with Crippen molar-refractivity contribution in [2.45, 2.75) is 0 Å². The molecule has 4 nitrogen and oxygen atoms in total. The molecule has 0 fully saturated rings. The number of nitrogens with zero attached hydrogens (tertiary/aromatic N) is 1. The summed E-state index contributed by atoms with van der Waals surface area (Å²) in [5, 5.41) is 5.21. The van der Waals surface area contributed by atoms with Crippen LogP contribution in [0, 0.1) is 17.5 Å². The van der Waals surface area contributed by atoms with Crippen LogP contribution < -0.4 is 10.6 Å². The summed E-state index contributed by atoms with van der Waals surface area (Å²) in [6.45, 7) is 0. The third-order valence-electron chi connectivity index (χ3n) is 3.36. The number of nitrogens with one attached hydrogen (secondary N) is 2. The predicted molar refractivity (Wildman–Crippen MR) is 88.2 cm³/mol. The quantitative estimate of drug-likeness (QED) is 0.686. The number of halogens is 3.